The summed E-state index contributed by atoms with van der Waals surface area (Å²) in [6.07, 6.45) is 10.3. The number of amides is 1. The van der Waals surface area contributed by atoms with Gasteiger partial charge >= 0.3 is 0 Å². The molecule has 5 heteroatoms. The zero-order valence-electron chi connectivity index (χ0n) is 14.9. The number of rotatable bonds is 6. The summed E-state index contributed by atoms with van der Waals surface area (Å²) in [6.45, 7) is 3.85. The van der Waals surface area contributed by atoms with Gasteiger partial charge in [0.25, 0.3) is 0 Å². The van der Waals surface area contributed by atoms with E-state index in [1.54, 1.807) is 6.20 Å². The smallest absolute Gasteiger partial charge is 0.222 e. The zero-order chi connectivity index (χ0) is 17.1. The number of pyridine rings is 1. The van der Waals surface area contributed by atoms with Crippen LogP contribution in [0.4, 0.5) is 0 Å². The van der Waals surface area contributed by atoms with Gasteiger partial charge in [0.2, 0.25) is 5.91 Å². The van der Waals surface area contributed by atoms with E-state index in [0.29, 0.717) is 25.0 Å². The molecule has 1 spiro atoms. The van der Waals surface area contributed by atoms with Gasteiger partial charge < -0.3 is 14.4 Å². The molecule has 1 saturated carbocycles. The Balaban J connectivity index is 1.19. The van der Waals surface area contributed by atoms with Crippen molar-refractivity contribution in [2.24, 2.45) is 11.3 Å². The van der Waals surface area contributed by atoms with Crippen LogP contribution >= 0.6 is 0 Å². The molecule has 3 aliphatic rings. The molecular formula is C20H28N2O3. The lowest BCUT2D eigenvalue weighted by Crippen LogP contribution is -2.43. The van der Waals surface area contributed by atoms with Crippen LogP contribution in [0, 0.1) is 11.3 Å². The van der Waals surface area contributed by atoms with E-state index in [1.165, 1.54) is 12.8 Å². The van der Waals surface area contributed by atoms with Crippen LogP contribution in [-0.2, 0) is 20.9 Å². The molecule has 2 saturated heterocycles. The Labute approximate surface area is 149 Å². The van der Waals surface area contributed by atoms with Crippen LogP contribution in [0.1, 0.15) is 44.1 Å². The quantitative estimate of drug-likeness (QED) is 0.796. The molecule has 1 atom stereocenters. The SMILES string of the molecule is O=C(CC1CC1)N1CCC2(CC1)CO[C@H](COCc1cccnc1)C2. The third-order valence-electron chi connectivity index (χ3n) is 5.92. The van der Waals surface area contributed by atoms with Crippen molar-refractivity contribution in [3.8, 4) is 0 Å². The number of likely N-dealkylation sites (tertiary alicyclic amines) is 1. The number of nitrogens with zero attached hydrogens (tertiary/aromatic N) is 2. The van der Waals surface area contributed by atoms with Crippen LogP contribution < -0.4 is 0 Å². The van der Waals surface area contributed by atoms with Crippen LogP contribution in [0.15, 0.2) is 24.5 Å². The fraction of sp³-hybridized carbons (Fsp3) is 0.700. The summed E-state index contributed by atoms with van der Waals surface area (Å²) in [5, 5.41) is 0. The van der Waals surface area contributed by atoms with Gasteiger partial charge in [0, 0.05) is 31.9 Å². The van der Waals surface area contributed by atoms with Gasteiger partial charge in [-0.15, -0.1) is 0 Å². The number of hydrogen-bond donors (Lipinski definition) is 0. The summed E-state index contributed by atoms with van der Waals surface area (Å²) in [4.78, 5) is 18.4. The molecule has 0 aromatic carbocycles. The van der Waals surface area contributed by atoms with Crippen LogP contribution in [-0.4, -0.2) is 48.2 Å². The fourth-order valence-electron chi connectivity index (χ4n) is 4.07. The molecule has 4 rings (SSSR count). The second-order valence-corrected chi connectivity index (χ2v) is 8.04. The summed E-state index contributed by atoms with van der Waals surface area (Å²) in [5.74, 6) is 1.05. The van der Waals surface area contributed by atoms with E-state index >= 15 is 0 Å². The highest BCUT2D eigenvalue weighted by molar-refractivity contribution is 5.76. The number of carbonyl (C=O) groups excluding carboxylic acids is 1. The van der Waals surface area contributed by atoms with Crippen molar-refractivity contribution in [2.75, 3.05) is 26.3 Å². The molecule has 25 heavy (non-hydrogen) atoms. The van der Waals surface area contributed by atoms with Gasteiger partial charge in [-0.3, -0.25) is 9.78 Å². The van der Waals surface area contributed by atoms with E-state index < -0.39 is 0 Å². The van der Waals surface area contributed by atoms with Crippen molar-refractivity contribution in [3.63, 3.8) is 0 Å². The minimum absolute atomic E-state index is 0.186. The van der Waals surface area contributed by atoms with Crippen LogP contribution in [0.25, 0.3) is 0 Å². The lowest BCUT2D eigenvalue weighted by atomic mass is 9.76. The second kappa shape index (κ2) is 7.42. The number of hydrogen-bond acceptors (Lipinski definition) is 4. The highest BCUT2D eigenvalue weighted by atomic mass is 16.5. The van der Waals surface area contributed by atoms with Crippen molar-refractivity contribution < 1.29 is 14.3 Å². The number of aromatic nitrogens is 1. The topological polar surface area (TPSA) is 51.7 Å². The summed E-state index contributed by atoms with van der Waals surface area (Å²) >= 11 is 0. The molecule has 1 aliphatic carbocycles. The Morgan fingerprint density at radius 1 is 1.36 bits per heavy atom. The molecule has 3 heterocycles. The second-order valence-electron chi connectivity index (χ2n) is 8.04. The molecule has 2 aliphatic heterocycles. The van der Waals surface area contributed by atoms with Crippen LogP contribution in [0.3, 0.4) is 0 Å². The van der Waals surface area contributed by atoms with Crippen molar-refractivity contribution in [2.45, 2.75) is 51.2 Å². The third kappa shape index (κ3) is 4.39. The van der Waals surface area contributed by atoms with Crippen LogP contribution in [0.2, 0.25) is 0 Å². The highest BCUT2D eigenvalue weighted by Crippen LogP contribution is 2.42. The van der Waals surface area contributed by atoms with Gasteiger partial charge in [0.1, 0.15) is 0 Å². The first kappa shape index (κ1) is 17.0. The molecule has 0 bridgehead atoms. The van der Waals surface area contributed by atoms with Crippen LogP contribution in [0.5, 0.6) is 0 Å². The van der Waals surface area contributed by atoms with E-state index in [9.17, 15) is 4.79 Å². The molecule has 1 amide bonds. The maximum atomic E-state index is 12.3. The summed E-state index contributed by atoms with van der Waals surface area (Å²) in [6, 6.07) is 3.95. The normalized spacial score (nSPS) is 25.4. The van der Waals surface area contributed by atoms with Gasteiger partial charge in [-0.1, -0.05) is 6.07 Å². The monoisotopic (exact) mass is 344 g/mol. The van der Waals surface area contributed by atoms with Gasteiger partial charge in [0.05, 0.1) is 25.9 Å². The maximum Gasteiger partial charge on any atom is 0.222 e. The third-order valence-corrected chi connectivity index (χ3v) is 5.92. The van der Waals surface area contributed by atoms with Crippen molar-refractivity contribution in [3.05, 3.63) is 30.1 Å². The Hall–Kier alpha value is -1.46. The standard InChI is InChI=1S/C20H28N2O3/c23-19(10-16-3-4-16)22-8-5-20(6-9-22)11-18(25-15-20)14-24-13-17-2-1-7-21-12-17/h1-2,7,12,16,18H,3-6,8-11,13-15H2/t18-/m0/s1. The Bertz CT molecular complexity index is 580. The average Bonchev–Trinajstić information content (AvgIpc) is 3.37. The molecular weight excluding hydrogens is 316 g/mol. The van der Waals surface area contributed by atoms with E-state index in [0.717, 1.165) is 50.9 Å². The highest BCUT2D eigenvalue weighted by Gasteiger charge is 2.43. The summed E-state index contributed by atoms with van der Waals surface area (Å²) < 4.78 is 11.8. The van der Waals surface area contributed by atoms with E-state index in [1.807, 2.05) is 18.3 Å². The zero-order valence-corrected chi connectivity index (χ0v) is 14.9. The van der Waals surface area contributed by atoms with Gasteiger partial charge in [-0.2, -0.15) is 0 Å². The van der Waals surface area contributed by atoms with E-state index in [2.05, 4.69) is 9.88 Å². The Morgan fingerprint density at radius 3 is 2.92 bits per heavy atom. The Morgan fingerprint density at radius 2 is 2.20 bits per heavy atom. The number of ether oxygens (including phenoxy) is 2. The molecule has 1 aromatic heterocycles. The Kier molecular flexibility index (Phi) is 5.04. The molecule has 1 aromatic rings. The molecule has 5 nitrogen and oxygen atoms in total. The largest absolute Gasteiger partial charge is 0.375 e. The van der Waals surface area contributed by atoms with Crippen molar-refractivity contribution >= 4 is 5.91 Å². The predicted octanol–water partition coefficient (Wildman–Crippen LogP) is 2.80. The van der Waals surface area contributed by atoms with Gasteiger partial charge in [0.15, 0.2) is 0 Å². The summed E-state index contributed by atoms with van der Waals surface area (Å²) in [5.41, 5.74) is 1.36. The van der Waals surface area contributed by atoms with Gasteiger partial charge in [-0.05, 0) is 55.1 Å². The predicted molar refractivity (Wildman–Crippen MR) is 93.8 cm³/mol. The first-order valence-electron chi connectivity index (χ1n) is 9.58. The van der Waals surface area contributed by atoms with Gasteiger partial charge in [-0.25, -0.2) is 0 Å². The first-order chi connectivity index (χ1) is 12.2. The molecule has 136 valence electrons. The molecule has 0 N–H and O–H groups in total. The maximum absolute atomic E-state index is 12.3. The van der Waals surface area contributed by atoms with E-state index in [-0.39, 0.29) is 11.5 Å². The summed E-state index contributed by atoms with van der Waals surface area (Å²) in [7, 11) is 0. The number of piperidine rings is 1. The first-order valence-corrected chi connectivity index (χ1v) is 9.58. The molecule has 3 fully saturated rings. The van der Waals surface area contributed by atoms with Crippen molar-refractivity contribution in [1.29, 1.82) is 0 Å². The molecule has 0 radical (unpaired) electrons. The fourth-order valence-corrected chi connectivity index (χ4v) is 4.07. The van der Waals surface area contributed by atoms with Crippen molar-refractivity contribution in [1.82, 2.24) is 9.88 Å². The van der Waals surface area contributed by atoms with E-state index in [4.69, 9.17) is 9.47 Å². The minimum atomic E-state index is 0.186. The number of carbonyl (C=O) groups is 1. The average molecular weight is 344 g/mol. The lowest BCUT2D eigenvalue weighted by Gasteiger charge is -2.38. The lowest BCUT2D eigenvalue weighted by molar-refractivity contribution is -0.133. The molecule has 0 unspecified atom stereocenters. The minimum Gasteiger partial charge on any atom is -0.375 e.